The normalized spacial score (nSPS) is 11.1. The molecule has 1 N–H and O–H groups in total. The van der Waals surface area contributed by atoms with Gasteiger partial charge in [-0.05, 0) is 42.8 Å². The van der Waals surface area contributed by atoms with E-state index in [4.69, 9.17) is 0 Å². The van der Waals surface area contributed by atoms with Gasteiger partial charge in [0.2, 0.25) is 0 Å². The smallest absolute Gasteiger partial charge is 0.265 e. The minimum atomic E-state index is -0.479. The number of nitrogens with zero attached hydrogens (tertiary/aromatic N) is 3. The van der Waals surface area contributed by atoms with Gasteiger partial charge < -0.3 is 0 Å². The molecule has 5 aromatic rings. The zero-order chi connectivity index (χ0) is 21.4. The Hall–Kier alpha value is -3.84. The molecule has 0 bridgehead atoms. The maximum absolute atomic E-state index is 13.3. The zero-order valence-electron chi connectivity index (χ0n) is 16.7. The van der Waals surface area contributed by atoms with Gasteiger partial charge in [0.25, 0.3) is 11.5 Å². The molecule has 0 atom stereocenters. The number of hydrogen-bond acceptors (Lipinski definition) is 5. The largest absolute Gasteiger partial charge is 0.298 e. The Balaban J connectivity index is 1.56. The molecule has 152 valence electrons. The summed E-state index contributed by atoms with van der Waals surface area (Å²) in [4.78, 5) is 35.2. The molecule has 3 aromatic heterocycles. The Bertz CT molecular complexity index is 1450. The first-order valence-corrected chi connectivity index (χ1v) is 10.6. The number of carbonyl (C=O) groups excluding carboxylic acids is 1. The number of carbonyl (C=O) groups is 1. The van der Waals surface area contributed by atoms with Crippen LogP contribution in [0.3, 0.4) is 0 Å². The number of amides is 1. The van der Waals surface area contributed by atoms with Crippen molar-refractivity contribution in [3.63, 3.8) is 0 Å². The van der Waals surface area contributed by atoms with Crippen LogP contribution in [0.2, 0.25) is 0 Å². The molecule has 1 amide bonds. The molecule has 0 unspecified atom stereocenters. The van der Waals surface area contributed by atoms with Crippen molar-refractivity contribution in [2.45, 2.75) is 13.5 Å². The minimum absolute atomic E-state index is 0.0619. The summed E-state index contributed by atoms with van der Waals surface area (Å²) in [6.45, 7) is 2.34. The molecule has 0 saturated carbocycles. The molecule has 0 spiro atoms. The molecule has 0 saturated heterocycles. The van der Waals surface area contributed by atoms with Crippen LogP contribution < -0.4 is 10.9 Å². The SMILES string of the molecule is Cc1ccc(Cn2c(=O)c(C(=O)Nc3nc4ccccc4s3)cc3cccnc32)cc1. The van der Waals surface area contributed by atoms with Crippen molar-refractivity contribution < 1.29 is 4.79 Å². The quantitative estimate of drug-likeness (QED) is 0.455. The third-order valence-corrected chi connectivity index (χ3v) is 6.02. The minimum Gasteiger partial charge on any atom is -0.298 e. The predicted octanol–water partition coefficient (Wildman–Crippen LogP) is 4.62. The van der Waals surface area contributed by atoms with E-state index in [0.717, 1.165) is 26.7 Å². The molecule has 3 heterocycles. The summed E-state index contributed by atoms with van der Waals surface area (Å²) in [7, 11) is 0. The number of aryl methyl sites for hydroxylation is 1. The fourth-order valence-electron chi connectivity index (χ4n) is 3.48. The summed E-state index contributed by atoms with van der Waals surface area (Å²) in [5, 5.41) is 3.97. The Morgan fingerprint density at radius 1 is 1.06 bits per heavy atom. The molecular weight excluding hydrogens is 408 g/mol. The van der Waals surface area contributed by atoms with Gasteiger partial charge in [-0.25, -0.2) is 9.97 Å². The number of pyridine rings is 2. The number of anilines is 1. The number of thiazole rings is 1. The lowest BCUT2D eigenvalue weighted by molar-refractivity contribution is 0.102. The van der Waals surface area contributed by atoms with Crippen LogP contribution >= 0.6 is 11.3 Å². The predicted molar refractivity (Wildman–Crippen MR) is 124 cm³/mol. The number of nitrogens with one attached hydrogen (secondary N) is 1. The fraction of sp³-hybridized carbons (Fsp3) is 0.0833. The summed E-state index contributed by atoms with van der Waals surface area (Å²) < 4.78 is 2.52. The second kappa shape index (κ2) is 7.77. The standard InChI is InChI=1S/C24H18N4O2S/c1-15-8-10-16(11-9-15)14-28-21-17(5-4-12-25-21)13-18(23(28)30)22(29)27-24-26-19-6-2-3-7-20(19)31-24/h2-13H,14H2,1H3,(H,26,27,29). The highest BCUT2D eigenvalue weighted by molar-refractivity contribution is 7.22. The first-order chi connectivity index (χ1) is 15.1. The van der Waals surface area contributed by atoms with Crippen molar-refractivity contribution in [1.29, 1.82) is 0 Å². The Kier molecular flexibility index (Phi) is 4.80. The van der Waals surface area contributed by atoms with Gasteiger partial charge in [0.05, 0.1) is 16.8 Å². The molecule has 0 aliphatic carbocycles. The van der Waals surface area contributed by atoms with Gasteiger partial charge in [-0.3, -0.25) is 19.5 Å². The van der Waals surface area contributed by atoms with E-state index in [1.165, 1.54) is 11.3 Å². The average Bonchev–Trinajstić information content (AvgIpc) is 3.19. The summed E-state index contributed by atoms with van der Waals surface area (Å²) in [5.74, 6) is -0.479. The first kappa shape index (κ1) is 19.1. The van der Waals surface area contributed by atoms with Crippen molar-refractivity contribution in [2.24, 2.45) is 0 Å². The van der Waals surface area contributed by atoms with Crippen LogP contribution in [0.1, 0.15) is 21.5 Å². The summed E-state index contributed by atoms with van der Waals surface area (Å²) in [5.41, 5.74) is 3.13. The third kappa shape index (κ3) is 3.71. The number of rotatable bonds is 4. The van der Waals surface area contributed by atoms with Crippen molar-refractivity contribution in [3.05, 3.63) is 100.0 Å². The van der Waals surface area contributed by atoms with E-state index in [1.807, 2.05) is 61.5 Å². The van der Waals surface area contributed by atoms with Crippen LogP contribution in [0.15, 0.2) is 77.7 Å². The van der Waals surface area contributed by atoms with Gasteiger partial charge in [0.1, 0.15) is 11.2 Å². The second-order valence-corrected chi connectivity index (χ2v) is 8.32. The molecule has 0 aliphatic rings. The van der Waals surface area contributed by atoms with Crippen LogP contribution in [-0.2, 0) is 6.54 Å². The zero-order valence-corrected chi connectivity index (χ0v) is 17.5. The van der Waals surface area contributed by atoms with Crippen molar-refractivity contribution >= 4 is 43.6 Å². The maximum atomic E-state index is 13.3. The van der Waals surface area contributed by atoms with E-state index in [1.54, 1.807) is 22.9 Å². The number of hydrogen-bond donors (Lipinski definition) is 1. The maximum Gasteiger partial charge on any atom is 0.265 e. The Morgan fingerprint density at radius 3 is 2.68 bits per heavy atom. The van der Waals surface area contributed by atoms with Crippen molar-refractivity contribution in [2.75, 3.05) is 5.32 Å². The van der Waals surface area contributed by atoms with Crippen molar-refractivity contribution in [1.82, 2.24) is 14.5 Å². The van der Waals surface area contributed by atoms with Gasteiger partial charge >= 0.3 is 0 Å². The molecular formula is C24H18N4O2S. The molecule has 2 aromatic carbocycles. The van der Waals surface area contributed by atoms with Gasteiger partial charge in [-0.1, -0.05) is 53.3 Å². The average molecular weight is 427 g/mol. The fourth-order valence-corrected chi connectivity index (χ4v) is 4.34. The highest BCUT2D eigenvalue weighted by Gasteiger charge is 2.18. The number of para-hydroxylation sites is 1. The molecule has 7 heteroatoms. The number of fused-ring (bicyclic) bond motifs is 2. The van der Waals surface area contributed by atoms with E-state index in [0.29, 0.717) is 17.3 Å². The van der Waals surface area contributed by atoms with E-state index in [9.17, 15) is 9.59 Å². The Labute approximate surface area is 181 Å². The molecule has 5 rings (SSSR count). The summed E-state index contributed by atoms with van der Waals surface area (Å²) in [6, 6.07) is 20.8. The number of benzene rings is 2. The highest BCUT2D eigenvalue weighted by atomic mass is 32.1. The van der Waals surface area contributed by atoms with E-state index >= 15 is 0 Å². The van der Waals surface area contributed by atoms with E-state index in [-0.39, 0.29) is 11.1 Å². The molecule has 6 nitrogen and oxygen atoms in total. The van der Waals surface area contributed by atoms with Crippen molar-refractivity contribution in [3.8, 4) is 0 Å². The van der Waals surface area contributed by atoms with Gasteiger partial charge in [-0.15, -0.1) is 0 Å². The van der Waals surface area contributed by atoms with Crippen LogP contribution in [0.4, 0.5) is 5.13 Å². The monoisotopic (exact) mass is 426 g/mol. The molecule has 0 fully saturated rings. The van der Waals surface area contributed by atoms with Gasteiger partial charge in [-0.2, -0.15) is 0 Å². The summed E-state index contributed by atoms with van der Waals surface area (Å²) >= 11 is 1.37. The van der Waals surface area contributed by atoms with Crippen LogP contribution in [0.25, 0.3) is 21.3 Å². The second-order valence-electron chi connectivity index (χ2n) is 7.29. The van der Waals surface area contributed by atoms with Crippen LogP contribution in [-0.4, -0.2) is 20.4 Å². The van der Waals surface area contributed by atoms with Crippen LogP contribution in [0.5, 0.6) is 0 Å². The van der Waals surface area contributed by atoms with Crippen LogP contribution in [0, 0.1) is 6.92 Å². The number of aromatic nitrogens is 3. The topological polar surface area (TPSA) is 76.9 Å². The van der Waals surface area contributed by atoms with E-state index < -0.39 is 5.91 Å². The molecule has 31 heavy (non-hydrogen) atoms. The summed E-state index contributed by atoms with van der Waals surface area (Å²) in [6.07, 6.45) is 1.65. The van der Waals surface area contributed by atoms with Gasteiger partial charge in [0, 0.05) is 11.6 Å². The lowest BCUT2D eigenvalue weighted by Gasteiger charge is -2.12. The molecule has 0 aliphatic heterocycles. The van der Waals surface area contributed by atoms with Gasteiger partial charge in [0.15, 0.2) is 5.13 Å². The lowest BCUT2D eigenvalue weighted by atomic mass is 10.1. The lowest BCUT2D eigenvalue weighted by Crippen LogP contribution is -2.30. The molecule has 0 radical (unpaired) electrons. The first-order valence-electron chi connectivity index (χ1n) is 9.79. The Morgan fingerprint density at radius 2 is 1.87 bits per heavy atom. The van der Waals surface area contributed by atoms with E-state index in [2.05, 4.69) is 15.3 Å². The highest BCUT2D eigenvalue weighted by Crippen LogP contribution is 2.25. The third-order valence-electron chi connectivity index (χ3n) is 5.07.